The molecule has 1 fully saturated rings. The van der Waals surface area contributed by atoms with Crippen molar-refractivity contribution < 1.29 is 9.21 Å². The van der Waals surface area contributed by atoms with Crippen molar-refractivity contribution in [2.75, 3.05) is 13.1 Å². The average Bonchev–Trinajstić information content (AvgIpc) is 3.09. The maximum atomic E-state index is 11.3. The standard InChI is InChI=1S/C14H17N3O2S/c15-13(18)10-3-1-5-17(7-10)8-11-9-19-14(16-11)12-4-2-6-20-12/h2,4,6,9-10H,1,3,5,7-8H2,(H2,15,18)/t10-/m1/s1. The van der Waals surface area contributed by atoms with Crippen LogP contribution in [0.2, 0.25) is 0 Å². The number of carbonyl (C=O) groups excluding carboxylic acids is 1. The van der Waals surface area contributed by atoms with Crippen LogP contribution in [-0.2, 0) is 11.3 Å². The highest BCUT2D eigenvalue weighted by Gasteiger charge is 2.24. The van der Waals surface area contributed by atoms with Crippen LogP contribution in [0.1, 0.15) is 18.5 Å². The largest absolute Gasteiger partial charge is 0.444 e. The normalized spacial score (nSPS) is 20.1. The SMILES string of the molecule is NC(=O)[C@@H]1CCCN(Cc2coc(-c3cccs3)n2)C1. The molecule has 1 atom stereocenters. The Morgan fingerprint density at radius 3 is 3.25 bits per heavy atom. The lowest BCUT2D eigenvalue weighted by Crippen LogP contribution is -2.40. The molecule has 1 amide bonds. The maximum Gasteiger partial charge on any atom is 0.236 e. The van der Waals surface area contributed by atoms with Gasteiger partial charge in [-0.15, -0.1) is 11.3 Å². The second-order valence-electron chi connectivity index (χ2n) is 5.10. The Labute approximate surface area is 121 Å². The Morgan fingerprint density at radius 1 is 1.60 bits per heavy atom. The third-order valence-electron chi connectivity index (χ3n) is 3.58. The molecule has 0 aromatic carbocycles. The first-order chi connectivity index (χ1) is 9.72. The van der Waals surface area contributed by atoms with Crippen LogP contribution in [0.5, 0.6) is 0 Å². The van der Waals surface area contributed by atoms with Gasteiger partial charge in [0.05, 0.1) is 16.5 Å². The number of hydrogen-bond donors (Lipinski definition) is 1. The van der Waals surface area contributed by atoms with E-state index in [2.05, 4.69) is 9.88 Å². The first kappa shape index (κ1) is 13.3. The predicted octanol–water partition coefficient (Wildman–Crippen LogP) is 2.10. The van der Waals surface area contributed by atoms with E-state index in [0.717, 1.165) is 36.5 Å². The van der Waals surface area contributed by atoms with Crippen molar-refractivity contribution >= 4 is 17.2 Å². The van der Waals surface area contributed by atoms with Crippen LogP contribution in [0.25, 0.3) is 10.8 Å². The van der Waals surface area contributed by atoms with Crippen LogP contribution in [-0.4, -0.2) is 28.9 Å². The van der Waals surface area contributed by atoms with Gasteiger partial charge in [-0.05, 0) is 30.8 Å². The van der Waals surface area contributed by atoms with Crippen molar-refractivity contribution in [1.29, 1.82) is 0 Å². The van der Waals surface area contributed by atoms with E-state index in [1.165, 1.54) is 0 Å². The van der Waals surface area contributed by atoms with Crippen molar-refractivity contribution in [3.8, 4) is 10.8 Å². The molecule has 2 aromatic heterocycles. The number of oxazole rings is 1. The van der Waals surface area contributed by atoms with Gasteiger partial charge in [-0.3, -0.25) is 9.69 Å². The molecule has 3 heterocycles. The minimum absolute atomic E-state index is 0.0348. The summed E-state index contributed by atoms with van der Waals surface area (Å²) in [6.07, 6.45) is 3.59. The van der Waals surface area contributed by atoms with Crippen molar-refractivity contribution in [3.05, 3.63) is 29.5 Å². The Bertz CT molecular complexity index is 579. The number of piperidine rings is 1. The minimum atomic E-state index is -0.200. The van der Waals surface area contributed by atoms with E-state index in [0.29, 0.717) is 12.4 Å². The van der Waals surface area contributed by atoms with Gasteiger partial charge in [-0.1, -0.05) is 6.07 Å². The molecule has 6 heteroatoms. The third-order valence-corrected chi connectivity index (χ3v) is 4.44. The number of nitrogens with zero attached hydrogens (tertiary/aromatic N) is 2. The number of nitrogens with two attached hydrogens (primary N) is 1. The zero-order valence-corrected chi connectivity index (χ0v) is 11.9. The summed E-state index contributed by atoms with van der Waals surface area (Å²) in [6.45, 7) is 2.40. The molecule has 5 nitrogen and oxygen atoms in total. The quantitative estimate of drug-likeness (QED) is 0.936. The number of thiophene rings is 1. The molecule has 0 radical (unpaired) electrons. The Kier molecular flexibility index (Phi) is 3.84. The molecule has 0 aliphatic carbocycles. The van der Waals surface area contributed by atoms with E-state index in [4.69, 9.17) is 10.2 Å². The van der Waals surface area contributed by atoms with Gasteiger partial charge in [0.1, 0.15) is 6.26 Å². The first-order valence-corrected chi connectivity index (χ1v) is 7.60. The van der Waals surface area contributed by atoms with E-state index in [-0.39, 0.29) is 11.8 Å². The monoisotopic (exact) mass is 291 g/mol. The van der Waals surface area contributed by atoms with Crippen molar-refractivity contribution in [1.82, 2.24) is 9.88 Å². The van der Waals surface area contributed by atoms with Gasteiger partial charge in [-0.25, -0.2) is 4.98 Å². The Morgan fingerprint density at radius 2 is 2.50 bits per heavy atom. The molecule has 2 N–H and O–H groups in total. The number of amides is 1. The lowest BCUT2D eigenvalue weighted by molar-refractivity contribution is -0.123. The molecular weight excluding hydrogens is 274 g/mol. The number of rotatable bonds is 4. The molecule has 1 aliphatic rings. The summed E-state index contributed by atoms with van der Waals surface area (Å²) < 4.78 is 5.51. The van der Waals surface area contributed by atoms with Crippen LogP contribution in [0.15, 0.2) is 28.2 Å². The Hall–Kier alpha value is -1.66. The van der Waals surface area contributed by atoms with E-state index < -0.39 is 0 Å². The third kappa shape index (κ3) is 2.91. The van der Waals surface area contributed by atoms with Gasteiger partial charge >= 0.3 is 0 Å². The maximum absolute atomic E-state index is 11.3. The molecular formula is C14H17N3O2S. The zero-order chi connectivity index (χ0) is 13.9. The molecule has 2 aromatic rings. The van der Waals surface area contributed by atoms with Gasteiger partial charge in [-0.2, -0.15) is 0 Å². The summed E-state index contributed by atoms with van der Waals surface area (Å²) in [5.74, 6) is 0.431. The van der Waals surface area contributed by atoms with Crippen LogP contribution < -0.4 is 5.73 Å². The number of hydrogen-bond acceptors (Lipinski definition) is 5. The van der Waals surface area contributed by atoms with Gasteiger partial charge in [0.15, 0.2) is 0 Å². The van der Waals surface area contributed by atoms with Gasteiger partial charge in [0, 0.05) is 13.1 Å². The van der Waals surface area contributed by atoms with Crippen LogP contribution in [0, 0.1) is 5.92 Å². The minimum Gasteiger partial charge on any atom is -0.444 e. The van der Waals surface area contributed by atoms with Crippen molar-refractivity contribution in [3.63, 3.8) is 0 Å². The highest BCUT2D eigenvalue weighted by atomic mass is 32.1. The smallest absolute Gasteiger partial charge is 0.236 e. The first-order valence-electron chi connectivity index (χ1n) is 6.72. The number of primary amides is 1. The van der Waals surface area contributed by atoms with Gasteiger partial charge < -0.3 is 10.2 Å². The molecule has 0 spiro atoms. The second-order valence-corrected chi connectivity index (χ2v) is 6.05. The second kappa shape index (κ2) is 5.76. The predicted molar refractivity (Wildman–Crippen MR) is 77.0 cm³/mol. The number of carbonyl (C=O) groups is 1. The highest BCUT2D eigenvalue weighted by Crippen LogP contribution is 2.24. The topological polar surface area (TPSA) is 72.4 Å². The van der Waals surface area contributed by atoms with Gasteiger partial charge in [0.25, 0.3) is 0 Å². The molecule has 0 unspecified atom stereocenters. The lowest BCUT2D eigenvalue weighted by Gasteiger charge is -2.30. The molecule has 20 heavy (non-hydrogen) atoms. The van der Waals surface area contributed by atoms with Crippen molar-refractivity contribution in [2.24, 2.45) is 11.7 Å². The van der Waals surface area contributed by atoms with E-state index in [9.17, 15) is 4.79 Å². The Balaban J connectivity index is 1.64. The molecule has 1 saturated heterocycles. The summed E-state index contributed by atoms with van der Waals surface area (Å²) >= 11 is 1.61. The molecule has 0 saturated carbocycles. The van der Waals surface area contributed by atoms with Crippen molar-refractivity contribution in [2.45, 2.75) is 19.4 Å². The lowest BCUT2D eigenvalue weighted by atomic mass is 9.97. The fraction of sp³-hybridized carbons (Fsp3) is 0.429. The summed E-state index contributed by atoms with van der Waals surface area (Å²) in [6, 6.07) is 3.97. The van der Waals surface area contributed by atoms with E-state index in [1.807, 2.05) is 17.5 Å². The molecule has 1 aliphatic heterocycles. The highest BCUT2D eigenvalue weighted by molar-refractivity contribution is 7.13. The summed E-state index contributed by atoms with van der Waals surface area (Å²) in [5.41, 5.74) is 6.29. The molecule has 0 bridgehead atoms. The summed E-state index contributed by atoms with van der Waals surface area (Å²) in [7, 11) is 0. The van der Waals surface area contributed by atoms with E-state index in [1.54, 1.807) is 17.6 Å². The fourth-order valence-electron chi connectivity index (χ4n) is 2.55. The number of aromatic nitrogens is 1. The van der Waals surface area contributed by atoms with Crippen LogP contribution in [0.3, 0.4) is 0 Å². The summed E-state index contributed by atoms with van der Waals surface area (Å²) in [5, 5.41) is 2.00. The molecule has 3 rings (SSSR count). The van der Waals surface area contributed by atoms with Crippen LogP contribution >= 0.6 is 11.3 Å². The zero-order valence-electron chi connectivity index (χ0n) is 11.1. The average molecular weight is 291 g/mol. The van der Waals surface area contributed by atoms with Crippen LogP contribution in [0.4, 0.5) is 0 Å². The number of likely N-dealkylation sites (tertiary alicyclic amines) is 1. The van der Waals surface area contributed by atoms with E-state index >= 15 is 0 Å². The fourth-order valence-corrected chi connectivity index (χ4v) is 3.21. The summed E-state index contributed by atoms with van der Waals surface area (Å²) in [4.78, 5) is 19.0. The molecule has 106 valence electrons. The van der Waals surface area contributed by atoms with Gasteiger partial charge in [0.2, 0.25) is 11.8 Å².